The Morgan fingerprint density at radius 2 is 1.20 bits per heavy atom. The van der Waals surface area contributed by atoms with Gasteiger partial charge in [0.2, 0.25) is 0 Å². The van der Waals surface area contributed by atoms with E-state index >= 15 is 0 Å². The zero-order valence-corrected chi connectivity index (χ0v) is 8.05. The minimum absolute atomic E-state index is 0. The van der Waals surface area contributed by atoms with Crippen molar-refractivity contribution in [3.63, 3.8) is 0 Å². The molecule has 56 valence electrons. The van der Waals surface area contributed by atoms with Crippen LogP contribution in [0.15, 0.2) is 0 Å². The van der Waals surface area contributed by atoms with Crippen molar-refractivity contribution in [1.82, 2.24) is 0 Å². The topological polar surface area (TPSA) is 141 Å². The summed E-state index contributed by atoms with van der Waals surface area (Å²) in [6.07, 6.45) is -1.83. The summed E-state index contributed by atoms with van der Waals surface area (Å²) < 4.78 is 0. The molecule has 0 unspecified atom stereocenters. The van der Waals surface area contributed by atoms with Gasteiger partial charge < -0.3 is 29.4 Å². The fraction of sp³-hybridized carbons (Fsp3) is 0. The number of hydrogen-bond donors (Lipinski definition) is 5. The Labute approximate surface area is 79.0 Å². The molecular formula is CH5NaO7Si. The van der Waals surface area contributed by atoms with E-state index in [4.69, 9.17) is 34.2 Å². The second-order valence-electron chi connectivity index (χ2n) is 0.856. The van der Waals surface area contributed by atoms with Crippen molar-refractivity contribution < 1.29 is 63.7 Å². The molecule has 10 heavy (non-hydrogen) atoms. The summed E-state index contributed by atoms with van der Waals surface area (Å²) in [7, 11) is -4.86. The van der Waals surface area contributed by atoms with Crippen LogP contribution in [0.5, 0.6) is 0 Å². The van der Waals surface area contributed by atoms with Crippen LogP contribution in [0.4, 0.5) is 4.79 Å². The molecule has 0 saturated heterocycles. The maximum Gasteiger partial charge on any atom is 1.00 e. The smallest absolute Gasteiger partial charge is 0.794 e. The fourth-order valence-electron chi connectivity index (χ4n) is 0. The van der Waals surface area contributed by atoms with Crippen LogP contribution in [-0.2, 0) is 0 Å². The van der Waals surface area contributed by atoms with E-state index in [-0.39, 0.29) is 29.6 Å². The standard InChI is InChI=1S/CH2O3.Na.H3O4Si/c2-1(3)4;;1-5(2,3)4/h(H2,2,3,4);;1-3H/q;+1;-1. The van der Waals surface area contributed by atoms with Gasteiger partial charge in [-0.15, -0.1) is 0 Å². The largest absolute Gasteiger partial charge is 1.00 e. The molecule has 0 atom stereocenters. The summed E-state index contributed by atoms with van der Waals surface area (Å²) in [5.74, 6) is 0. The molecule has 0 aromatic carbocycles. The van der Waals surface area contributed by atoms with Gasteiger partial charge >= 0.3 is 44.8 Å². The quantitative estimate of drug-likeness (QED) is 0.233. The van der Waals surface area contributed by atoms with Gasteiger partial charge in [0.1, 0.15) is 0 Å². The van der Waals surface area contributed by atoms with Crippen LogP contribution in [0.1, 0.15) is 0 Å². The molecule has 9 heteroatoms. The van der Waals surface area contributed by atoms with E-state index in [1.807, 2.05) is 0 Å². The minimum Gasteiger partial charge on any atom is -0.794 e. The second-order valence-corrected chi connectivity index (χ2v) is 2.00. The molecule has 7 nitrogen and oxygen atoms in total. The zero-order valence-electron chi connectivity index (χ0n) is 5.05. The van der Waals surface area contributed by atoms with Crippen LogP contribution in [0, 0.1) is 0 Å². The average molecular weight is 180 g/mol. The molecule has 0 heterocycles. The van der Waals surface area contributed by atoms with Gasteiger partial charge in [0.15, 0.2) is 0 Å². The number of rotatable bonds is 0. The van der Waals surface area contributed by atoms with E-state index in [9.17, 15) is 0 Å². The molecule has 5 N–H and O–H groups in total. The molecule has 0 fully saturated rings. The molecule has 0 aromatic rings. The Hall–Kier alpha value is 0.327. The molecule has 0 aliphatic heterocycles. The van der Waals surface area contributed by atoms with E-state index in [0.29, 0.717) is 0 Å². The van der Waals surface area contributed by atoms with Gasteiger partial charge in [-0.05, 0) is 0 Å². The van der Waals surface area contributed by atoms with E-state index in [1.165, 1.54) is 0 Å². The first-order valence-electron chi connectivity index (χ1n) is 1.53. The van der Waals surface area contributed by atoms with Crippen LogP contribution in [0.3, 0.4) is 0 Å². The zero-order chi connectivity index (χ0) is 8.08. The van der Waals surface area contributed by atoms with Crippen molar-refractivity contribution >= 4 is 15.2 Å². The van der Waals surface area contributed by atoms with Gasteiger partial charge in [-0.25, -0.2) is 4.79 Å². The van der Waals surface area contributed by atoms with Crippen LogP contribution < -0.4 is 34.4 Å². The first-order chi connectivity index (χ1) is 3.73. The molecule has 0 bridgehead atoms. The van der Waals surface area contributed by atoms with Gasteiger partial charge in [0.25, 0.3) is 0 Å². The summed E-state index contributed by atoms with van der Waals surface area (Å²) in [5, 5.41) is 13.9. The van der Waals surface area contributed by atoms with Crippen LogP contribution in [0.25, 0.3) is 0 Å². The normalized spacial score (nSPS) is 8.40. The Morgan fingerprint density at radius 1 is 1.20 bits per heavy atom. The molecular weight excluding hydrogens is 175 g/mol. The Bertz CT molecular complexity index is 76.1. The van der Waals surface area contributed by atoms with Crippen molar-refractivity contribution in [2.45, 2.75) is 0 Å². The first-order valence-corrected chi connectivity index (χ1v) is 3.28. The van der Waals surface area contributed by atoms with Gasteiger partial charge in [-0.3, -0.25) is 0 Å². The molecule has 0 amide bonds. The summed E-state index contributed by atoms with van der Waals surface area (Å²) >= 11 is 0. The van der Waals surface area contributed by atoms with Crippen molar-refractivity contribution in [3.8, 4) is 0 Å². The Balaban J connectivity index is -0.0000000910. The third-order valence-corrected chi connectivity index (χ3v) is 0. The molecule has 0 spiro atoms. The monoisotopic (exact) mass is 180 g/mol. The Kier molecular flexibility index (Phi) is 12.4. The fourth-order valence-corrected chi connectivity index (χ4v) is 0. The van der Waals surface area contributed by atoms with Crippen LogP contribution in [-0.4, -0.2) is 39.8 Å². The molecule has 0 rings (SSSR count). The maximum atomic E-state index is 8.91. The summed E-state index contributed by atoms with van der Waals surface area (Å²) in [6.45, 7) is 0. The van der Waals surface area contributed by atoms with E-state index in [0.717, 1.165) is 0 Å². The molecule has 0 radical (unpaired) electrons. The predicted molar refractivity (Wildman–Crippen MR) is 23.1 cm³/mol. The van der Waals surface area contributed by atoms with E-state index < -0.39 is 15.2 Å². The van der Waals surface area contributed by atoms with E-state index in [1.54, 1.807) is 0 Å². The predicted octanol–water partition coefficient (Wildman–Crippen LogP) is -6.01. The molecule has 0 aromatic heterocycles. The average Bonchev–Trinajstić information content (AvgIpc) is 1.19. The molecule has 0 aliphatic carbocycles. The number of carboxylic acid groups (broad SMARTS) is 2. The molecule has 0 aliphatic rings. The van der Waals surface area contributed by atoms with Crippen molar-refractivity contribution in [2.75, 3.05) is 0 Å². The van der Waals surface area contributed by atoms with Crippen molar-refractivity contribution in [2.24, 2.45) is 0 Å². The summed E-state index contributed by atoms with van der Waals surface area (Å²) in [6, 6.07) is 0. The minimum atomic E-state index is -4.86. The van der Waals surface area contributed by atoms with Crippen LogP contribution in [0.2, 0.25) is 0 Å². The summed E-state index contributed by atoms with van der Waals surface area (Å²) in [4.78, 5) is 39.1. The Morgan fingerprint density at radius 3 is 1.20 bits per heavy atom. The molecule has 0 saturated carbocycles. The SMILES string of the molecule is O=C(O)O.[Na+].[O-][Si](O)(O)O. The van der Waals surface area contributed by atoms with E-state index in [2.05, 4.69) is 0 Å². The van der Waals surface area contributed by atoms with Gasteiger partial charge in [-0.1, -0.05) is 0 Å². The third-order valence-electron chi connectivity index (χ3n) is 0. The van der Waals surface area contributed by atoms with Crippen molar-refractivity contribution in [1.29, 1.82) is 0 Å². The first kappa shape index (κ1) is 16.7. The number of carbonyl (C=O) groups is 1. The van der Waals surface area contributed by atoms with Crippen LogP contribution >= 0.6 is 0 Å². The summed E-state index contributed by atoms with van der Waals surface area (Å²) in [5.41, 5.74) is 0. The third kappa shape index (κ3) is 4180. The van der Waals surface area contributed by atoms with Gasteiger partial charge in [0.05, 0.1) is 0 Å². The maximum absolute atomic E-state index is 8.91. The van der Waals surface area contributed by atoms with Gasteiger partial charge in [-0.2, -0.15) is 0 Å². The van der Waals surface area contributed by atoms with Crippen molar-refractivity contribution in [3.05, 3.63) is 0 Å². The second kappa shape index (κ2) is 7.43. The number of hydrogen-bond acceptors (Lipinski definition) is 5. The van der Waals surface area contributed by atoms with Gasteiger partial charge in [0, 0.05) is 0 Å².